The van der Waals surface area contributed by atoms with E-state index in [9.17, 15) is 15.3 Å². The zero-order valence-electron chi connectivity index (χ0n) is 19.0. The predicted octanol–water partition coefficient (Wildman–Crippen LogP) is 5.23. The number of hydrogen-bond acceptors (Lipinski definition) is 3. The molecule has 0 aromatic rings. The van der Waals surface area contributed by atoms with E-state index in [-0.39, 0.29) is 0 Å². The third-order valence-electron chi connectivity index (χ3n) is 8.78. The predicted molar refractivity (Wildman–Crippen MR) is 122 cm³/mol. The molecule has 3 heteroatoms. The quantitative estimate of drug-likeness (QED) is 0.554. The fourth-order valence-electron chi connectivity index (χ4n) is 6.92. The molecule has 4 saturated carbocycles. The van der Waals surface area contributed by atoms with Gasteiger partial charge in [0.15, 0.2) is 0 Å². The van der Waals surface area contributed by atoms with Crippen LogP contribution in [-0.4, -0.2) is 33.1 Å². The Balaban J connectivity index is 1.50. The van der Waals surface area contributed by atoms with Crippen molar-refractivity contribution < 1.29 is 15.3 Å². The van der Waals surface area contributed by atoms with E-state index in [1.54, 1.807) is 5.57 Å². The largest absolute Gasteiger partial charge is 0.393 e. The molecule has 0 aliphatic heterocycles. The number of hydrogen-bond donors (Lipinski definition) is 3. The van der Waals surface area contributed by atoms with Gasteiger partial charge in [-0.25, -0.2) is 0 Å². The fraction of sp³-hybridized carbons (Fsp3) is 0.704. The monoisotopic (exact) mass is 412 g/mol. The molecule has 0 saturated heterocycles. The molecule has 4 rings (SSSR count). The topological polar surface area (TPSA) is 60.7 Å². The van der Waals surface area contributed by atoms with Gasteiger partial charge in [-0.1, -0.05) is 43.4 Å². The Morgan fingerprint density at radius 1 is 1.20 bits per heavy atom. The normalized spacial score (nSPS) is 44.4. The summed E-state index contributed by atoms with van der Waals surface area (Å²) in [6.07, 6.45) is 17.3. The van der Waals surface area contributed by atoms with E-state index in [0.29, 0.717) is 35.5 Å². The van der Waals surface area contributed by atoms with Crippen molar-refractivity contribution in [3.8, 4) is 0 Å². The van der Waals surface area contributed by atoms with E-state index >= 15 is 0 Å². The lowest BCUT2D eigenvalue weighted by atomic mass is 9.61. The zero-order chi connectivity index (χ0) is 21.7. The summed E-state index contributed by atoms with van der Waals surface area (Å²) in [6.45, 7) is 10.3. The van der Waals surface area contributed by atoms with Crippen molar-refractivity contribution in [1.29, 1.82) is 0 Å². The minimum Gasteiger partial charge on any atom is -0.393 e. The van der Waals surface area contributed by atoms with E-state index in [2.05, 4.69) is 37.8 Å². The van der Waals surface area contributed by atoms with Crippen molar-refractivity contribution in [2.45, 2.75) is 96.4 Å². The molecule has 1 spiro atoms. The van der Waals surface area contributed by atoms with Gasteiger partial charge in [0.2, 0.25) is 0 Å². The Labute approximate surface area is 182 Å². The second-order valence-corrected chi connectivity index (χ2v) is 11.3. The lowest BCUT2D eigenvalue weighted by Gasteiger charge is -2.43. The molecule has 166 valence electrons. The molecular formula is C27H40O3. The van der Waals surface area contributed by atoms with Gasteiger partial charge in [0, 0.05) is 6.42 Å². The maximum atomic E-state index is 10.1. The van der Waals surface area contributed by atoms with Gasteiger partial charge < -0.3 is 15.3 Å². The smallest absolute Gasteiger partial charge is 0.0811 e. The molecule has 0 unspecified atom stereocenters. The van der Waals surface area contributed by atoms with E-state index in [0.717, 1.165) is 24.0 Å². The molecule has 0 aromatic carbocycles. The first-order valence-electron chi connectivity index (χ1n) is 11.9. The Bertz CT molecular complexity index is 782. The van der Waals surface area contributed by atoms with Gasteiger partial charge in [-0.15, -0.1) is 0 Å². The van der Waals surface area contributed by atoms with Gasteiger partial charge in [-0.3, -0.25) is 0 Å². The van der Waals surface area contributed by atoms with Crippen LogP contribution in [0.2, 0.25) is 0 Å². The summed E-state index contributed by atoms with van der Waals surface area (Å²) < 4.78 is 0. The van der Waals surface area contributed by atoms with Crippen LogP contribution in [0.1, 0.15) is 78.6 Å². The van der Waals surface area contributed by atoms with Crippen molar-refractivity contribution in [2.75, 3.05) is 0 Å². The molecule has 6 atom stereocenters. The van der Waals surface area contributed by atoms with Crippen LogP contribution in [-0.2, 0) is 0 Å². The Hall–Kier alpha value is -1.16. The minimum absolute atomic E-state index is 0.363. The van der Waals surface area contributed by atoms with Crippen LogP contribution < -0.4 is 0 Å². The molecule has 0 radical (unpaired) electrons. The molecule has 3 nitrogen and oxygen atoms in total. The molecule has 0 heterocycles. The van der Waals surface area contributed by atoms with Crippen molar-refractivity contribution in [1.82, 2.24) is 0 Å². The van der Waals surface area contributed by atoms with Crippen molar-refractivity contribution >= 4 is 0 Å². The first-order chi connectivity index (χ1) is 14.1. The van der Waals surface area contributed by atoms with Crippen LogP contribution in [0.3, 0.4) is 0 Å². The van der Waals surface area contributed by atoms with Crippen LogP contribution in [0.15, 0.2) is 47.6 Å². The number of aliphatic hydroxyl groups is 3. The van der Waals surface area contributed by atoms with Gasteiger partial charge in [0.25, 0.3) is 0 Å². The Kier molecular flexibility index (Phi) is 5.70. The minimum atomic E-state index is -0.626. The van der Waals surface area contributed by atoms with Gasteiger partial charge in [-0.2, -0.15) is 0 Å². The highest BCUT2D eigenvalue weighted by molar-refractivity contribution is 5.39. The molecule has 0 aromatic heterocycles. The molecule has 3 N–H and O–H groups in total. The van der Waals surface area contributed by atoms with E-state index in [1.165, 1.54) is 32.1 Å². The summed E-state index contributed by atoms with van der Waals surface area (Å²) in [7, 11) is 0. The van der Waals surface area contributed by atoms with Crippen LogP contribution in [0.25, 0.3) is 0 Å². The summed E-state index contributed by atoms with van der Waals surface area (Å²) in [4.78, 5) is 0. The van der Waals surface area contributed by atoms with Gasteiger partial charge >= 0.3 is 0 Å². The maximum Gasteiger partial charge on any atom is 0.0811 e. The van der Waals surface area contributed by atoms with Gasteiger partial charge in [0.1, 0.15) is 0 Å². The summed E-state index contributed by atoms with van der Waals surface area (Å²) in [5.74, 6) is 1.30. The summed E-state index contributed by atoms with van der Waals surface area (Å²) >= 11 is 0. The average molecular weight is 413 g/mol. The first kappa shape index (κ1) is 22.0. The van der Waals surface area contributed by atoms with Crippen molar-refractivity contribution in [2.24, 2.45) is 22.7 Å². The van der Waals surface area contributed by atoms with Crippen LogP contribution in [0.5, 0.6) is 0 Å². The lowest BCUT2D eigenvalue weighted by molar-refractivity contribution is 0.0834. The van der Waals surface area contributed by atoms with E-state index < -0.39 is 17.8 Å². The van der Waals surface area contributed by atoms with Crippen LogP contribution in [0.4, 0.5) is 0 Å². The zero-order valence-corrected chi connectivity index (χ0v) is 19.0. The molecule has 4 aliphatic carbocycles. The Morgan fingerprint density at radius 2 is 1.97 bits per heavy atom. The molecular weight excluding hydrogens is 372 g/mol. The second kappa shape index (κ2) is 7.76. The van der Waals surface area contributed by atoms with E-state index in [4.69, 9.17) is 0 Å². The maximum absolute atomic E-state index is 10.1. The van der Waals surface area contributed by atoms with Crippen molar-refractivity contribution in [3.05, 3.63) is 47.6 Å². The molecule has 4 aliphatic rings. The fourth-order valence-corrected chi connectivity index (χ4v) is 6.92. The third kappa shape index (κ3) is 3.89. The van der Waals surface area contributed by atoms with Crippen LogP contribution >= 0.6 is 0 Å². The second-order valence-electron chi connectivity index (χ2n) is 11.3. The first-order valence-corrected chi connectivity index (χ1v) is 11.9. The van der Waals surface area contributed by atoms with Crippen molar-refractivity contribution in [3.63, 3.8) is 0 Å². The van der Waals surface area contributed by atoms with Crippen LogP contribution in [0, 0.1) is 22.7 Å². The number of allylic oxidation sites excluding steroid dienone is 4. The highest BCUT2D eigenvalue weighted by atomic mass is 16.3. The van der Waals surface area contributed by atoms with E-state index in [1.807, 2.05) is 13.8 Å². The third-order valence-corrected chi connectivity index (χ3v) is 8.78. The molecule has 30 heavy (non-hydrogen) atoms. The standard InChI is InChI=1S/C27H40O3/c1-18-20(15-22(28)16-24(18)29)10-9-19-7-5-13-26(4)23(19)11-14-27(26)17-21(27)8-6-12-25(2,3)30/h6,8-10,21-24,28-30H,1,5,7,11-17H2,2-4H3/b8-6-,19-9+,20-10-/t21-,22+,23-,24-,26-,27-/m0/s1. The summed E-state index contributed by atoms with van der Waals surface area (Å²) in [6, 6.07) is 0. The highest BCUT2D eigenvalue weighted by Crippen LogP contribution is 2.77. The van der Waals surface area contributed by atoms with Gasteiger partial charge in [0.05, 0.1) is 17.8 Å². The SMILES string of the molecule is C=C1/C(=C\C=C2/CCC[C@@]3(C)[C@H]2CC[C@@]32C[C@@H]2/C=C\CC(C)(C)O)C[C@@H](O)C[C@@H]1O. The highest BCUT2D eigenvalue weighted by Gasteiger charge is 2.68. The number of rotatable bonds is 4. The Morgan fingerprint density at radius 3 is 2.70 bits per heavy atom. The summed E-state index contributed by atoms with van der Waals surface area (Å²) in [5, 5.41) is 30.2. The van der Waals surface area contributed by atoms with Gasteiger partial charge in [-0.05, 0) is 99.0 Å². The molecule has 0 bridgehead atoms. The number of fused-ring (bicyclic) bond motifs is 2. The molecule has 0 amide bonds. The molecule has 4 fully saturated rings. The lowest BCUT2D eigenvalue weighted by Crippen LogP contribution is -2.35. The number of aliphatic hydroxyl groups excluding tert-OH is 2. The summed E-state index contributed by atoms with van der Waals surface area (Å²) in [5.41, 5.74) is 3.52. The average Bonchev–Trinajstić information content (AvgIpc) is 3.27.